The van der Waals surface area contributed by atoms with E-state index in [9.17, 15) is 22.8 Å². The number of anilines is 1. The molecule has 1 aliphatic carbocycles. The number of hydrogen-bond acceptors (Lipinski definition) is 6. The molecule has 3 aromatic rings. The number of carbonyl (C=O) groups excluding carboxylic acids is 2. The first-order chi connectivity index (χ1) is 18.1. The number of rotatable bonds is 11. The molecule has 12 heteroatoms. The Morgan fingerprint density at radius 3 is 2.45 bits per heavy atom. The Morgan fingerprint density at radius 2 is 1.79 bits per heavy atom. The summed E-state index contributed by atoms with van der Waals surface area (Å²) in [6.07, 6.45) is 1.81. The van der Waals surface area contributed by atoms with Gasteiger partial charge in [-0.2, -0.15) is 0 Å². The summed E-state index contributed by atoms with van der Waals surface area (Å²) < 4.78 is 30.7. The molecule has 0 bridgehead atoms. The SMILES string of the molecule is C=NC(=O)Cc1c(C)nc(CC(=O)NCC2CC2)n1-n1c(C)ccc(NS(=O)(=O)Cc2ccccc2)c1=O. The minimum absolute atomic E-state index is 0.140. The monoisotopic (exact) mass is 538 g/mol. The van der Waals surface area contributed by atoms with Crippen molar-refractivity contribution in [2.45, 2.75) is 45.3 Å². The second-order valence-electron chi connectivity index (χ2n) is 9.38. The van der Waals surface area contributed by atoms with Crippen LogP contribution in [0, 0.1) is 19.8 Å². The minimum atomic E-state index is -3.92. The van der Waals surface area contributed by atoms with Crippen molar-refractivity contribution < 1.29 is 18.0 Å². The number of carbonyl (C=O) groups is 2. The van der Waals surface area contributed by atoms with Gasteiger partial charge in [0.25, 0.3) is 11.5 Å². The van der Waals surface area contributed by atoms with Crippen LogP contribution in [0.15, 0.2) is 52.3 Å². The van der Waals surface area contributed by atoms with Crippen LogP contribution < -0.4 is 15.6 Å². The Bertz CT molecular complexity index is 1540. The first-order valence-corrected chi connectivity index (χ1v) is 13.8. The lowest BCUT2D eigenvalue weighted by Gasteiger charge is -2.18. The first-order valence-electron chi connectivity index (χ1n) is 12.2. The standard InChI is InChI=1S/C26H30N6O5S/c1-17-9-12-21(30-38(36,37)16-20-7-5-4-6-8-20)26(35)31(17)32-22(13-24(33)27-3)18(2)29-23(32)14-25(34)28-15-19-10-11-19/h4-9,12,19,30H,3,10-11,13-16H2,1-2H3,(H,28,34). The summed E-state index contributed by atoms with van der Waals surface area (Å²) in [7, 11) is -3.92. The van der Waals surface area contributed by atoms with E-state index in [0.717, 1.165) is 12.8 Å². The molecule has 2 amide bonds. The number of imidazole rings is 1. The maximum atomic E-state index is 13.7. The van der Waals surface area contributed by atoms with Crippen LogP contribution in [0.25, 0.3) is 0 Å². The molecular formula is C26H30N6O5S. The summed E-state index contributed by atoms with van der Waals surface area (Å²) in [6, 6.07) is 11.6. The van der Waals surface area contributed by atoms with Crippen LogP contribution in [-0.2, 0) is 38.2 Å². The number of nitrogens with zero attached hydrogens (tertiary/aromatic N) is 4. The van der Waals surface area contributed by atoms with Crippen LogP contribution in [0.1, 0.15) is 41.3 Å². The molecule has 0 radical (unpaired) electrons. The highest BCUT2D eigenvalue weighted by atomic mass is 32.2. The number of aliphatic imine (C=N–C) groups is 1. The number of pyridine rings is 1. The fourth-order valence-electron chi connectivity index (χ4n) is 4.10. The number of benzene rings is 1. The summed E-state index contributed by atoms with van der Waals surface area (Å²) in [5, 5.41) is 2.88. The van der Waals surface area contributed by atoms with Crippen molar-refractivity contribution >= 4 is 34.2 Å². The Kier molecular flexibility index (Phi) is 7.91. The van der Waals surface area contributed by atoms with E-state index in [1.807, 2.05) is 0 Å². The highest BCUT2D eigenvalue weighted by Crippen LogP contribution is 2.27. The zero-order valence-electron chi connectivity index (χ0n) is 21.3. The quantitative estimate of drug-likeness (QED) is 0.356. The molecule has 0 aliphatic heterocycles. The van der Waals surface area contributed by atoms with Crippen molar-refractivity contribution in [3.63, 3.8) is 0 Å². The van der Waals surface area contributed by atoms with Crippen molar-refractivity contribution in [2.75, 3.05) is 11.3 Å². The molecule has 38 heavy (non-hydrogen) atoms. The van der Waals surface area contributed by atoms with E-state index in [0.29, 0.717) is 35.1 Å². The van der Waals surface area contributed by atoms with Crippen molar-refractivity contribution in [3.05, 3.63) is 81.3 Å². The van der Waals surface area contributed by atoms with E-state index < -0.39 is 21.5 Å². The number of hydrogen-bond donors (Lipinski definition) is 2. The van der Waals surface area contributed by atoms with E-state index in [4.69, 9.17) is 0 Å². The molecule has 2 N–H and O–H groups in total. The van der Waals surface area contributed by atoms with Gasteiger partial charge in [0.1, 0.15) is 11.5 Å². The van der Waals surface area contributed by atoms with Crippen molar-refractivity contribution in [2.24, 2.45) is 10.9 Å². The van der Waals surface area contributed by atoms with Crippen molar-refractivity contribution in [1.29, 1.82) is 0 Å². The Balaban J connectivity index is 1.74. The van der Waals surface area contributed by atoms with E-state index in [-0.39, 0.29) is 36.0 Å². The highest BCUT2D eigenvalue weighted by Gasteiger charge is 2.25. The van der Waals surface area contributed by atoms with Gasteiger partial charge < -0.3 is 5.32 Å². The van der Waals surface area contributed by atoms with Gasteiger partial charge in [-0.25, -0.2) is 27.7 Å². The van der Waals surface area contributed by atoms with Gasteiger partial charge in [-0.15, -0.1) is 0 Å². The Labute approximate surface area is 220 Å². The van der Waals surface area contributed by atoms with Crippen LogP contribution >= 0.6 is 0 Å². The van der Waals surface area contributed by atoms with E-state index in [1.165, 1.54) is 15.4 Å². The lowest BCUT2D eigenvalue weighted by Crippen LogP contribution is -2.35. The van der Waals surface area contributed by atoms with Gasteiger partial charge in [-0.05, 0) is 57.0 Å². The van der Waals surface area contributed by atoms with Gasteiger partial charge >= 0.3 is 0 Å². The molecule has 0 saturated heterocycles. The first kappa shape index (κ1) is 27.0. The number of sulfonamides is 1. The van der Waals surface area contributed by atoms with Crippen LogP contribution in [0.5, 0.6) is 0 Å². The number of amides is 2. The minimum Gasteiger partial charge on any atom is -0.355 e. The largest absolute Gasteiger partial charge is 0.355 e. The summed E-state index contributed by atoms with van der Waals surface area (Å²) in [5.41, 5.74) is 0.934. The van der Waals surface area contributed by atoms with Crippen LogP contribution in [0.4, 0.5) is 5.69 Å². The molecule has 1 aromatic carbocycles. The maximum Gasteiger partial charge on any atom is 0.294 e. The highest BCUT2D eigenvalue weighted by molar-refractivity contribution is 7.91. The summed E-state index contributed by atoms with van der Waals surface area (Å²) >= 11 is 0. The van der Waals surface area contributed by atoms with Gasteiger partial charge in [-0.3, -0.25) is 19.1 Å². The molecule has 11 nitrogen and oxygen atoms in total. The number of aryl methyl sites for hydroxylation is 2. The molecule has 1 aliphatic rings. The van der Waals surface area contributed by atoms with Gasteiger partial charge in [0.2, 0.25) is 15.9 Å². The molecule has 2 aromatic heterocycles. The summed E-state index contributed by atoms with van der Waals surface area (Å²) in [4.78, 5) is 46.5. The smallest absolute Gasteiger partial charge is 0.294 e. The fourth-order valence-corrected chi connectivity index (χ4v) is 5.29. The predicted molar refractivity (Wildman–Crippen MR) is 144 cm³/mol. The Hall–Kier alpha value is -4.06. The van der Waals surface area contributed by atoms with Gasteiger partial charge in [0.15, 0.2) is 0 Å². The third-order valence-corrected chi connectivity index (χ3v) is 7.47. The van der Waals surface area contributed by atoms with E-state index in [1.54, 1.807) is 50.2 Å². The topological polar surface area (TPSA) is 145 Å². The lowest BCUT2D eigenvalue weighted by atomic mass is 10.2. The lowest BCUT2D eigenvalue weighted by molar-refractivity contribution is -0.120. The Morgan fingerprint density at radius 1 is 1.08 bits per heavy atom. The third kappa shape index (κ3) is 6.43. The molecule has 4 rings (SSSR count). The number of aromatic nitrogens is 3. The summed E-state index contributed by atoms with van der Waals surface area (Å²) in [6.45, 7) is 7.17. The van der Waals surface area contributed by atoms with Gasteiger partial charge in [0.05, 0.1) is 30.0 Å². The van der Waals surface area contributed by atoms with Crippen LogP contribution in [0.3, 0.4) is 0 Å². The second-order valence-corrected chi connectivity index (χ2v) is 11.1. The van der Waals surface area contributed by atoms with Gasteiger partial charge in [-0.1, -0.05) is 30.3 Å². The maximum absolute atomic E-state index is 13.7. The van der Waals surface area contributed by atoms with Crippen LogP contribution in [-0.4, -0.2) is 47.8 Å². The van der Waals surface area contributed by atoms with Crippen LogP contribution in [0.2, 0.25) is 0 Å². The molecule has 0 spiro atoms. The van der Waals surface area contributed by atoms with E-state index >= 15 is 0 Å². The number of nitrogens with one attached hydrogen (secondary N) is 2. The van der Waals surface area contributed by atoms with Crippen molar-refractivity contribution in [1.82, 2.24) is 19.7 Å². The fraction of sp³-hybridized carbons (Fsp3) is 0.346. The second kappa shape index (κ2) is 11.1. The summed E-state index contributed by atoms with van der Waals surface area (Å²) in [5.74, 6) is -0.407. The zero-order chi connectivity index (χ0) is 27.4. The average Bonchev–Trinajstić information content (AvgIpc) is 3.65. The predicted octanol–water partition coefficient (Wildman–Crippen LogP) is 1.75. The normalized spacial score (nSPS) is 13.2. The van der Waals surface area contributed by atoms with E-state index in [2.05, 4.69) is 26.7 Å². The molecule has 0 unspecified atom stereocenters. The molecule has 2 heterocycles. The zero-order valence-corrected chi connectivity index (χ0v) is 22.1. The third-order valence-electron chi connectivity index (χ3n) is 6.23. The molecule has 1 saturated carbocycles. The molecule has 0 atom stereocenters. The average molecular weight is 539 g/mol. The molecular weight excluding hydrogens is 508 g/mol. The molecule has 1 fully saturated rings. The molecule has 200 valence electrons. The van der Waals surface area contributed by atoms with Crippen molar-refractivity contribution in [3.8, 4) is 0 Å². The van der Waals surface area contributed by atoms with Gasteiger partial charge in [0, 0.05) is 12.2 Å².